The van der Waals surface area contributed by atoms with Crippen molar-refractivity contribution in [2.24, 2.45) is 0 Å². The maximum absolute atomic E-state index is 2.51. The van der Waals surface area contributed by atoms with E-state index < -0.39 is 0 Å². The van der Waals surface area contributed by atoms with E-state index in [1.54, 1.807) is 0 Å². The van der Waals surface area contributed by atoms with Crippen molar-refractivity contribution < 1.29 is 0 Å². The van der Waals surface area contributed by atoms with Gasteiger partial charge in [0.2, 0.25) is 0 Å². The first-order valence-electron chi connectivity index (χ1n) is 22.3. The van der Waals surface area contributed by atoms with E-state index in [9.17, 15) is 0 Å². The van der Waals surface area contributed by atoms with Crippen LogP contribution in [0.15, 0.2) is 237 Å². The molecule has 1 heteroatoms. The second-order valence-corrected chi connectivity index (χ2v) is 17.6. The molecular formula is C63H45N. The lowest BCUT2D eigenvalue weighted by atomic mass is 9.82. The van der Waals surface area contributed by atoms with Crippen molar-refractivity contribution in [1.29, 1.82) is 0 Å². The largest absolute Gasteiger partial charge is 0.310 e. The predicted molar refractivity (Wildman–Crippen MR) is 273 cm³/mol. The average Bonchev–Trinajstić information content (AvgIpc) is 3.59. The van der Waals surface area contributed by atoms with Crippen molar-refractivity contribution >= 4 is 49.4 Å². The number of rotatable bonds is 7. The number of hydrogen-bond acceptors (Lipinski definition) is 1. The molecule has 0 atom stereocenters. The van der Waals surface area contributed by atoms with Gasteiger partial charge in [0.25, 0.3) is 0 Å². The second kappa shape index (κ2) is 15.1. The number of hydrogen-bond donors (Lipinski definition) is 0. The lowest BCUT2D eigenvalue weighted by molar-refractivity contribution is 0.660. The fourth-order valence-electron chi connectivity index (χ4n) is 10.6. The summed E-state index contributed by atoms with van der Waals surface area (Å²) in [6.45, 7) is 4.75. The fourth-order valence-corrected chi connectivity index (χ4v) is 10.6. The molecule has 0 saturated heterocycles. The summed E-state index contributed by atoms with van der Waals surface area (Å²) < 4.78 is 0. The van der Waals surface area contributed by atoms with Gasteiger partial charge in [-0.25, -0.2) is 0 Å². The van der Waals surface area contributed by atoms with E-state index in [1.165, 1.54) is 99.1 Å². The van der Waals surface area contributed by atoms with Gasteiger partial charge >= 0.3 is 0 Å². The van der Waals surface area contributed by atoms with Crippen molar-refractivity contribution in [2.75, 3.05) is 4.90 Å². The summed E-state index contributed by atoms with van der Waals surface area (Å²) in [4.78, 5) is 2.51. The molecule has 0 heterocycles. The number of anilines is 3. The molecule has 0 spiro atoms. The number of fused-ring (bicyclic) bond motifs is 7. The maximum atomic E-state index is 2.51. The molecule has 0 bridgehead atoms. The highest BCUT2D eigenvalue weighted by atomic mass is 15.1. The van der Waals surface area contributed by atoms with Crippen molar-refractivity contribution in [1.82, 2.24) is 0 Å². The Morgan fingerprint density at radius 1 is 0.297 bits per heavy atom. The second-order valence-electron chi connectivity index (χ2n) is 17.6. The van der Waals surface area contributed by atoms with Gasteiger partial charge in [0.15, 0.2) is 0 Å². The normalized spacial score (nSPS) is 12.7. The fraction of sp³-hybridized carbons (Fsp3) is 0.0476. The van der Waals surface area contributed by atoms with Gasteiger partial charge in [0.05, 0.1) is 5.69 Å². The molecule has 11 aromatic rings. The monoisotopic (exact) mass is 815 g/mol. The van der Waals surface area contributed by atoms with Gasteiger partial charge in [0.1, 0.15) is 0 Å². The zero-order chi connectivity index (χ0) is 42.8. The summed E-state index contributed by atoms with van der Waals surface area (Å²) in [5, 5.41) is 7.42. The molecule has 1 aliphatic carbocycles. The number of benzene rings is 11. The first-order chi connectivity index (χ1) is 31.5. The Hall–Kier alpha value is -8.00. The van der Waals surface area contributed by atoms with Crippen LogP contribution in [-0.4, -0.2) is 0 Å². The SMILES string of the molecule is CC1(C)c2ccccc2-c2ccc(N(c3ccc(-c4ccccc4-c4ccccc4)cc3)c3cccc(-c4cccc5ccccc45)c3-c3cc4ccccc4c4ccccc34)cc21. The summed E-state index contributed by atoms with van der Waals surface area (Å²) in [7, 11) is 0. The third kappa shape index (κ3) is 6.08. The van der Waals surface area contributed by atoms with Crippen LogP contribution in [0, 0.1) is 0 Å². The molecule has 0 N–H and O–H groups in total. The van der Waals surface area contributed by atoms with E-state index >= 15 is 0 Å². The molecule has 0 radical (unpaired) electrons. The van der Waals surface area contributed by atoms with E-state index in [0.717, 1.165) is 17.1 Å². The van der Waals surface area contributed by atoms with E-state index in [-0.39, 0.29) is 5.41 Å². The van der Waals surface area contributed by atoms with Gasteiger partial charge in [-0.3, -0.25) is 0 Å². The molecule has 0 unspecified atom stereocenters. The Kier molecular flexibility index (Phi) is 8.91. The topological polar surface area (TPSA) is 3.24 Å². The molecule has 0 aromatic heterocycles. The van der Waals surface area contributed by atoms with E-state index in [4.69, 9.17) is 0 Å². The van der Waals surface area contributed by atoms with Crippen LogP contribution in [0.2, 0.25) is 0 Å². The van der Waals surface area contributed by atoms with Gasteiger partial charge in [0, 0.05) is 22.4 Å². The molecule has 1 nitrogen and oxygen atoms in total. The molecule has 64 heavy (non-hydrogen) atoms. The van der Waals surface area contributed by atoms with Gasteiger partial charge in [-0.05, 0) is 130 Å². The Morgan fingerprint density at radius 2 is 0.828 bits per heavy atom. The summed E-state index contributed by atoms with van der Waals surface area (Å²) in [6.07, 6.45) is 0. The molecule has 11 aromatic carbocycles. The van der Waals surface area contributed by atoms with Crippen LogP contribution in [0.1, 0.15) is 25.0 Å². The summed E-state index contributed by atoms with van der Waals surface area (Å²) in [5.41, 5.74) is 18.2. The standard InChI is InChI=1S/C63H45N/c1-63(2)59-32-15-14-29-55(59)56-39-38-47(41-60(56)63)64(46-36-34-44(35-37-46)49-24-11-10-23-48(49)42-18-4-3-5-19-42)61-33-17-31-57(53-30-16-22-43-20-6-8-25-50(43)53)62(61)58-40-45-21-7-9-26-51(45)52-27-12-13-28-54(52)58/h3-41H,1-2H3. The lowest BCUT2D eigenvalue weighted by Gasteiger charge is -2.31. The first-order valence-corrected chi connectivity index (χ1v) is 22.3. The molecule has 0 fully saturated rings. The van der Waals surface area contributed by atoms with Gasteiger partial charge in [-0.2, -0.15) is 0 Å². The highest BCUT2D eigenvalue weighted by Crippen LogP contribution is 2.53. The van der Waals surface area contributed by atoms with Crippen molar-refractivity contribution in [3.05, 3.63) is 248 Å². The summed E-state index contributed by atoms with van der Waals surface area (Å²) in [6, 6.07) is 87.4. The predicted octanol–water partition coefficient (Wildman–Crippen LogP) is 17.6. The molecule has 0 aliphatic heterocycles. The van der Waals surface area contributed by atoms with Crippen molar-refractivity contribution in [3.8, 4) is 55.6 Å². The highest BCUT2D eigenvalue weighted by molar-refractivity contribution is 6.17. The Morgan fingerprint density at radius 3 is 1.61 bits per heavy atom. The summed E-state index contributed by atoms with van der Waals surface area (Å²) in [5.74, 6) is 0. The molecule has 1 aliphatic rings. The van der Waals surface area contributed by atoms with Gasteiger partial charge < -0.3 is 4.90 Å². The minimum Gasteiger partial charge on any atom is -0.310 e. The molecule has 0 amide bonds. The lowest BCUT2D eigenvalue weighted by Crippen LogP contribution is -2.17. The third-order valence-corrected chi connectivity index (χ3v) is 13.7. The van der Waals surface area contributed by atoms with Crippen LogP contribution in [0.4, 0.5) is 17.1 Å². The number of nitrogens with zero attached hydrogens (tertiary/aromatic N) is 1. The average molecular weight is 816 g/mol. The molecule has 302 valence electrons. The zero-order valence-corrected chi connectivity index (χ0v) is 36.0. The van der Waals surface area contributed by atoms with E-state index in [0.29, 0.717) is 0 Å². The van der Waals surface area contributed by atoms with Crippen LogP contribution >= 0.6 is 0 Å². The van der Waals surface area contributed by atoms with E-state index in [2.05, 4.69) is 255 Å². The van der Waals surface area contributed by atoms with Crippen LogP contribution < -0.4 is 4.90 Å². The first kappa shape index (κ1) is 37.7. The molecule has 0 saturated carbocycles. The van der Waals surface area contributed by atoms with Crippen LogP contribution in [0.3, 0.4) is 0 Å². The Balaban J connectivity index is 1.15. The Labute approximate surface area is 375 Å². The van der Waals surface area contributed by atoms with Crippen LogP contribution in [0.5, 0.6) is 0 Å². The maximum Gasteiger partial charge on any atom is 0.0546 e. The van der Waals surface area contributed by atoms with E-state index in [1.807, 2.05) is 0 Å². The van der Waals surface area contributed by atoms with Crippen molar-refractivity contribution in [3.63, 3.8) is 0 Å². The highest BCUT2D eigenvalue weighted by Gasteiger charge is 2.36. The van der Waals surface area contributed by atoms with Crippen LogP contribution in [-0.2, 0) is 5.41 Å². The van der Waals surface area contributed by atoms with Gasteiger partial charge in [-0.1, -0.05) is 214 Å². The minimum atomic E-state index is -0.166. The summed E-state index contributed by atoms with van der Waals surface area (Å²) >= 11 is 0. The molecular weight excluding hydrogens is 771 g/mol. The van der Waals surface area contributed by atoms with Gasteiger partial charge in [-0.15, -0.1) is 0 Å². The smallest absolute Gasteiger partial charge is 0.0546 e. The zero-order valence-electron chi connectivity index (χ0n) is 36.0. The Bertz CT molecular complexity index is 3570. The quantitative estimate of drug-likeness (QED) is 0.145. The molecule has 12 rings (SSSR count). The van der Waals surface area contributed by atoms with Crippen molar-refractivity contribution in [2.45, 2.75) is 19.3 Å². The third-order valence-electron chi connectivity index (χ3n) is 13.7. The van der Waals surface area contributed by atoms with Crippen LogP contribution in [0.25, 0.3) is 88.0 Å². The minimum absolute atomic E-state index is 0.166.